The van der Waals surface area contributed by atoms with Gasteiger partial charge in [-0.2, -0.15) is 5.10 Å². The van der Waals surface area contributed by atoms with Gasteiger partial charge in [-0.3, -0.25) is 9.47 Å². The summed E-state index contributed by atoms with van der Waals surface area (Å²) in [5.74, 6) is 1.03. The third-order valence-corrected chi connectivity index (χ3v) is 6.73. The van der Waals surface area contributed by atoms with E-state index in [4.69, 9.17) is 12.2 Å². The van der Waals surface area contributed by atoms with Crippen LogP contribution < -0.4 is 0 Å². The quantitative estimate of drug-likeness (QED) is 0.535. The van der Waals surface area contributed by atoms with Gasteiger partial charge in [-0.25, -0.2) is 13.1 Å². The lowest BCUT2D eigenvalue weighted by atomic mass is 10.1. The standard InChI is InChI=1S/C18H24N4O2S2/c1-3-10-21-17(16-9-11-26(23,24)13-16)19-22(18(21)25)14-20(2)12-15-7-5-4-6-8-15/h3-8,16H,1,9-14H2,2H3/t16-/m0/s1. The second-order valence-corrected chi connectivity index (χ2v) is 9.37. The topological polar surface area (TPSA) is 60.1 Å². The van der Waals surface area contributed by atoms with Gasteiger partial charge in [-0.1, -0.05) is 36.4 Å². The molecule has 140 valence electrons. The maximum absolute atomic E-state index is 11.9. The van der Waals surface area contributed by atoms with Crippen molar-refractivity contribution in [2.75, 3.05) is 18.6 Å². The van der Waals surface area contributed by atoms with Gasteiger partial charge in [0.1, 0.15) is 5.82 Å². The molecule has 26 heavy (non-hydrogen) atoms. The van der Waals surface area contributed by atoms with Crippen LogP contribution in [0, 0.1) is 4.77 Å². The predicted molar refractivity (Wildman–Crippen MR) is 105 cm³/mol. The fourth-order valence-electron chi connectivity index (χ4n) is 3.33. The first-order valence-electron chi connectivity index (χ1n) is 8.61. The number of rotatable bonds is 7. The molecule has 3 rings (SSSR count). The first kappa shape index (κ1) is 19.0. The Kier molecular flexibility index (Phi) is 5.74. The number of hydrogen-bond donors (Lipinski definition) is 0. The summed E-state index contributed by atoms with van der Waals surface area (Å²) >= 11 is 5.59. The molecule has 8 heteroatoms. The molecule has 0 radical (unpaired) electrons. The Bertz CT molecular complexity index is 932. The zero-order valence-electron chi connectivity index (χ0n) is 14.9. The molecule has 1 aromatic carbocycles. The highest BCUT2D eigenvalue weighted by molar-refractivity contribution is 7.91. The van der Waals surface area contributed by atoms with Crippen LogP contribution in [0.2, 0.25) is 0 Å². The minimum atomic E-state index is -2.98. The minimum Gasteiger partial charge on any atom is -0.300 e. The molecule has 0 saturated carbocycles. The third kappa shape index (κ3) is 4.31. The lowest BCUT2D eigenvalue weighted by Gasteiger charge is -2.16. The van der Waals surface area contributed by atoms with Crippen molar-refractivity contribution >= 4 is 22.1 Å². The van der Waals surface area contributed by atoms with Crippen molar-refractivity contribution in [1.82, 2.24) is 19.2 Å². The minimum absolute atomic E-state index is 0.0951. The van der Waals surface area contributed by atoms with E-state index < -0.39 is 9.84 Å². The van der Waals surface area contributed by atoms with Crippen molar-refractivity contribution in [3.8, 4) is 0 Å². The lowest BCUT2D eigenvalue weighted by molar-refractivity contribution is 0.243. The smallest absolute Gasteiger partial charge is 0.199 e. The van der Waals surface area contributed by atoms with Crippen molar-refractivity contribution in [3.63, 3.8) is 0 Å². The summed E-state index contributed by atoms with van der Waals surface area (Å²) in [6.45, 7) is 5.65. The average molecular weight is 393 g/mol. The Morgan fingerprint density at radius 3 is 2.73 bits per heavy atom. The number of hydrogen-bond acceptors (Lipinski definition) is 5. The maximum atomic E-state index is 11.9. The molecule has 1 atom stereocenters. The second-order valence-electron chi connectivity index (χ2n) is 6.78. The first-order chi connectivity index (χ1) is 12.4. The second kappa shape index (κ2) is 7.85. The van der Waals surface area contributed by atoms with Gasteiger partial charge < -0.3 is 0 Å². The van der Waals surface area contributed by atoms with Crippen LogP contribution >= 0.6 is 12.2 Å². The van der Waals surface area contributed by atoms with E-state index in [-0.39, 0.29) is 17.4 Å². The van der Waals surface area contributed by atoms with Gasteiger partial charge in [0.25, 0.3) is 0 Å². The van der Waals surface area contributed by atoms with Gasteiger partial charge in [0.15, 0.2) is 14.6 Å². The van der Waals surface area contributed by atoms with Gasteiger partial charge in [0.05, 0.1) is 18.2 Å². The predicted octanol–water partition coefficient (Wildman–Crippen LogP) is 2.59. The fraction of sp³-hybridized carbons (Fsp3) is 0.444. The van der Waals surface area contributed by atoms with Crippen molar-refractivity contribution in [1.29, 1.82) is 0 Å². The van der Waals surface area contributed by atoms with E-state index in [1.807, 2.05) is 29.8 Å². The Labute approximate surface area is 159 Å². The van der Waals surface area contributed by atoms with Crippen molar-refractivity contribution in [3.05, 3.63) is 59.1 Å². The largest absolute Gasteiger partial charge is 0.300 e. The Hall–Kier alpha value is -1.77. The normalized spacial score (nSPS) is 19.1. The van der Waals surface area contributed by atoms with Crippen LogP contribution in [-0.2, 0) is 29.6 Å². The van der Waals surface area contributed by atoms with Crippen LogP contribution in [0.5, 0.6) is 0 Å². The monoisotopic (exact) mass is 392 g/mol. The van der Waals surface area contributed by atoms with Gasteiger partial charge in [-0.15, -0.1) is 6.58 Å². The molecule has 2 heterocycles. The summed E-state index contributed by atoms with van der Waals surface area (Å²) in [6, 6.07) is 10.2. The summed E-state index contributed by atoms with van der Waals surface area (Å²) in [5, 5.41) is 4.68. The lowest BCUT2D eigenvalue weighted by Crippen LogP contribution is -2.22. The van der Waals surface area contributed by atoms with Crippen LogP contribution in [-0.4, -0.2) is 46.2 Å². The summed E-state index contributed by atoms with van der Waals surface area (Å²) in [6.07, 6.45) is 2.37. The molecule has 0 unspecified atom stereocenters. The van der Waals surface area contributed by atoms with Crippen molar-refractivity contribution < 1.29 is 8.42 Å². The molecule has 0 amide bonds. The number of nitrogens with zero attached hydrogens (tertiary/aromatic N) is 4. The van der Waals surface area contributed by atoms with E-state index in [0.29, 0.717) is 24.4 Å². The molecule has 1 aliphatic rings. The molecule has 1 fully saturated rings. The molecule has 6 nitrogen and oxygen atoms in total. The summed E-state index contributed by atoms with van der Waals surface area (Å²) < 4.78 is 28.0. The first-order valence-corrected chi connectivity index (χ1v) is 10.8. The molecule has 0 bridgehead atoms. The van der Waals surface area contributed by atoms with Crippen LogP contribution in [0.1, 0.15) is 23.7 Å². The number of allylic oxidation sites excluding steroid dienone is 1. The zero-order valence-corrected chi connectivity index (χ0v) is 16.5. The van der Waals surface area contributed by atoms with E-state index >= 15 is 0 Å². The molecule has 0 aliphatic carbocycles. The molecule has 1 aromatic heterocycles. The molecule has 0 N–H and O–H groups in total. The van der Waals surface area contributed by atoms with E-state index in [1.165, 1.54) is 5.56 Å². The van der Waals surface area contributed by atoms with E-state index in [2.05, 4.69) is 28.7 Å². The summed E-state index contributed by atoms with van der Waals surface area (Å²) in [4.78, 5) is 2.13. The van der Waals surface area contributed by atoms with Crippen LogP contribution in [0.3, 0.4) is 0 Å². The molecule has 1 aliphatic heterocycles. The van der Waals surface area contributed by atoms with E-state index in [1.54, 1.807) is 10.8 Å². The summed E-state index contributed by atoms with van der Waals surface area (Å²) in [7, 11) is -0.961. The highest BCUT2D eigenvalue weighted by Gasteiger charge is 2.33. The Morgan fingerprint density at radius 1 is 1.38 bits per heavy atom. The van der Waals surface area contributed by atoms with Gasteiger partial charge in [0.2, 0.25) is 0 Å². The number of benzene rings is 1. The fourth-order valence-corrected chi connectivity index (χ4v) is 5.33. The zero-order chi connectivity index (χ0) is 18.7. The van der Waals surface area contributed by atoms with Crippen LogP contribution in [0.25, 0.3) is 0 Å². The van der Waals surface area contributed by atoms with Crippen molar-refractivity contribution in [2.45, 2.75) is 32.1 Å². The van der Waals surface area contributed by atoms with Gasteiger partial charge in [-0.05, 0) is 31.2 Å². The van der Waals surface area contributed by atoms with Crippen LogP contribution in [0.4, 0.5) is 0 Å². The molecular formula is C18H24N4O2S2. The maximum Gasteiger partial charge on any atom is 0.199 e. The highest BCUT2D eigenvalue weighted by atomic mass is 32.2. The summed E-state index contributed by atoms with van der Waals surface area (Å²) in [5.41, 5.74) is 1.22. The van der Waals surface area contributed by atoms with Gasteiger partial charge >= 0.3 is 0 Å². The Balaban J connectivity index is 1.82. The van der Waals surface area contributed by atoms with E-state index in [9.17, 15) is 8.42 Å². The average Bonchev–Trinajstić information content (AvgIpc) is 3.10. The molecule has 2 aromatic rings. The SMILES string of the molecule is C=CCn1c([C@H]2CCS(=O)(=O)C2)nn(CN(C)Cc2ccccc2)c1=S. The molecule has 1 saturated heterocycles. The van der Waals surface area contributed by atoms with E-state index in [0.717, 1.165) is 12.4 Å². The number of aromatic nitrogens is 3. The Morgan fingerprint density at radius 2 is 2.12 bits per heavy atom. The molecule has 0 spiro atoms. The third-order valence-electron chi connectivity index (χ3n) is 4.53. The van der Waals surface area contributed by atoms with Crippen LogP contribution in [0.15, 0.2) is 43.0 Å². The highest BCUT2D eigenvalue weighted by Crippen LogP contribution is 2.28. The van der Waals surface area contributed by atoms with Gasteiger partial charge in [0, 0.05) is 19.0 Å². The molecular weight excluding hydrogens is 368 g/mol. The number of sulfone groups is 1. The van der Waals surface area contributed by atoms with Crippen molar-refractivity contribution in [2.24, 2.45) is 0 Å².